The smallest absolute Gasteiger partial charge is 0.220 e. The fourth-order valence-electron chi connectivity index (χ4n) is 4.30. The molecule has 0 spiro atoms. The highest BCUT2D eigenvalue weighted by Crippen LogP contribution is 2.43. The van der Waals surface area contributed by atoms with Gasteiger partial charge >= 0.3 is 0 Å². The fraction of sp³-hybridized carbons (Fsp3) is 0.538. The average Bonchev–Trinajstić information content (AvgIpc) is 2.67. The minimum atomic E-state index is -0.287. The van der Waals surface area contributed by atoms with Gasteiger partial charge < -0.3 is 10.1 Å². The van der Waals surface area contributed by atoms with Gasteiger partial charge in [-0.2, -0.15) is 0 Å². The zero-order valence-corrected chi connectivity index (χ0v) is 19.1. The molecule has 0 aliphatic heterocycles. The van der Waals surface area contributed by atoms with Gasteiger partial charge in [-0.1, -0.05) is 50.2 Å². The molecule has 2 atom stereocenters. The molecule has 0 radical (unpaired) electrons. The van der Waals surface area contributed by atoms with E-state index in [0.29, 0.717) is 30.1 Å². The molecule has 162 valence electrons. The molecule has 3 rings (SSSR count). The van der Waals surface area contributed by atoms with Gasteiger partial charge in [0.15, 0.2) is 0 Å². The second-order valence-electron chi connectivity index (χ2n) is 10.3. The van der Waals surface area contributed by atoms with Gasteiger partial charge in [0.1, 0.15) is 5.60 Å². The van der Waals surface area contributed by atoms with Crippen molar-refractivity contribution in [3.63, 3.8) is 0 Å². The molecule has 1 aromatic carbocycles. The number of amides is 1. The van der Waals surface area contributed by atoms with Gasteiger partial charge in [-0.25, -0.2) is 4.98 Å². The van der Waals surface area contributed by atoms with Crippen molar-refractivity contribution in [2.75, 3.05) is 0 Å². The Balaban J connectivity index is 1.60. The zero-order valence-electron chi connectivity index (χ0n) is 19.1. The number of nitrogens with zero attached hydrogens (tertiary/aromatic N) is 1. The van der Waals surface area contributed by atoms with E-state index in [0.717, 1.165) is 25.0 Å². The summed E-state index contributed by atoms with van der Waals surface area (Å²) in [5, 5.41) is 3.33. The molecule has 1 heterocycles. The molecule has 0 bridgehead atoms. The van der Waals surface area contributed by atoms with Gasteiger partial charge in [-0.3, -0.25) is 4.79 Å². The standard InChI is InChI=1S/C26H36N2O2/c1-25(2,3)30-24-13-9-12-20(27-24)14-15-23(29)28-22-16-17-26(4,5)18-21(22)19-10-7-6-8-11-19/h6-13,21-22H,14-18H2,1-5H3,(H,28,29). The number of aromatic nitrogens is 1. The maximum atomic E-state index is 12.8. The Hall–Kier alpha value is -2.36. The number of pyridine rings is 1. The Bertz CT molecular complexity index is 840. The molecule has 1 aromatic heterocycles. The lowest BCUT2D eigenvalue weighted by atomic mass is 9.68. The quantitative estimate of drug-likeness (QED) is 0.670. The van der Waals surface area contributed by atoms with Crippen molar-refractivity contribution in [2.24, 2.45) is 5.41 Å². The molecule has 1 N–H and O–H groups in total. The number of hydrogen-bond donors (Lipinski definition) is 1. The summed E-state index contributed by atoms with van der Waals surface area (Å²) >= 11 is 0. The third-order valence-corrected chi connectivity index (χ3v) is 5.76. The van der Waals surface area contributed by atoms with E-state index in [1.54, 1.807) is 0 Å². The van der Waals surface area contributed by atoms with E-state index in [1.165, 1.54) is 5.56 Å². The Morgan fingerprint density at radius 2 is 1.87 bits per heavy atom. The molecular weight excluding hydrogens is 372 g/mol. The molecule has 1 aliphatic rings. The molecule has 1 aliphatic carbocycles. The van der Waals surface area contributed by atoms with Gasteiger partial charge in [-0.05, 0) is 63.5 Å². The van der Waals surface area contributed by atoms with E-state index < -0.39 is 0 Å². The van der Waals surface area contributed by atoms with Crippen molar-refractivity contribution in [2.45, 2.75) is 84.3 Å². The Morgan fingerprint density at radius 3 is 2.57 bits per heavy atom. The normalized spacial score (nSPS) is 21.1. The largest absolute Gasteiger partial charge is 0.472 e. The number of carbonyl (C=O) groups excluding carboxylic acids is 1. The van der Waals surface area contributed by atoms with Crippen LogP contribution in [0.25, 0.3) is 0 Å². The first-order chi connectivity index (χ1) is 14.1. The van der Waals surface area contributed by atoms with Crippen molar-refractivity contribution < 1.29 is 9.53 Å². The third-order valence-electron chi connectivity index (χ3n) is 5.76. The van der Waals surface area contributed by atoms with Gasteiger partial charge in [0, 0.05) is 30.1 Å². The van der Waals surface area contributed by atoms with E-state index in [2.05, 4.69) is 54.5 Å². The highest BCUT2D eigenvalue weighted by molar-refractivity contribution is 5.76. The zero-order chi connectivity index (χ0) is 21.8. The molecule has 1 amide bonds. The lowest BCUT2D eigenvalue weighted by molar-refractivity contribution is -0.122. The second-order valence-corrected chi connectivity index (χ2v) is 10.3. The van der Waals surface area contributed by atoms with Crippen LogP contribution in [0.15, 0.2) is 48.5 Å². The van der Waals surface area contributed by atoms with Crippen LogP contribution in [0.4, 0.5) is 0 Å². The number of ether oxygens (including phenoxy) is 1. The first kappa shape index (κ1) is 22.3. The summed E-state index contributed by atoms with van der Waals surface area (Å²) in [4.78, 5) is 17.3. The van der Waals surface area contributed by atoms with Crippen LogP contribution >= 0.6 is 0 Å². The van der Waals surface area contributed by atoms with E-state index in [9.17, 15) is 4.79 Å². The van der Waals surface area contributed by atoms with Crippen LogP contribution in [0.2, 0.25) is 0 Å². The maximum absolute atomic E-state index is 12.8. The van der Waals surface area contributed by atoms with Crippen molar-refractivity contribution in [1.82, 2.24) is 10.3 Å². The SMILES string of the molecule is CC1(C)CCC(NC(=O)CCc2cccc(OC(C)(C)C)n2)C(c2ccccc2)C1. The van der Waals surface area contributed by atoms with Crippen LogP contribution < -0.4 is 10.1 Å². The Morgan fingerprint density at radius 1 is 1.13 bits per heavy atom. The predicted molar refractivity (Wildman–Crippen MR) is 122 cm³/mol. The maximum Gasteiger partial charge on any atom is 0.220 e. The molecule has 4 nitrogen and oxygen atoms in total. The number of nitrogens with one attached hydrogen (secondary N) is 1. The lowest BCUT2D eigenvalue weighted by Crippen LogP contribution is -2.44. The van der Waals surface area contributed by atoms with E-state index in [4.69, 9.17) is 4.74 Å². The van der Waals surface area contributed by atoms with Crippen molar-refractivity contribution in [1.29, 1.82) is 0 Å². The van der Waals surface area contributed by atoms with Crippen LogP contribution in [0.3, 0.4) is 0 Å². The number of benzene rings is 1. The first-order valence-electron chi connectivity index (χ1n) is 11.1. The fourth-order valence-corrected chi connectivity index (χ4v) is 4.30. The van der Waals surface area contributed by atoms with Gasteiger partial charge in [0.05, 0.1) is 0 Å². The van der Waals surface area contributed by atoms with Gasteiger partial charge in [0.25, 0.3) is 0 Å². The summed E-state index contributed by atoms with van der Waals surface area (Å²) in [6, 6.07) is 16.6. The molecule has 2 unspecified atom stereocenters. The summed E-state index contributed by atoms with van der Waals surface area (Å²) in [5.74, 6) is 1.07. The van der Waals surface area contributed by atoms with E-state index in [-0.39, 0.29) is 17.6 Å². The van der Waals surface area contributed by atoms with Gasteiger partial charge in [0.2, 0.25) is 11.8 Å². The summed E-state index contributed by atoms with van der Waals surface area (Å²) in [6.07, 6.45) is 4.30. The van der Waals surface area contributed by atoms with Crippen molar-refractivity contribution in [3.8, 4) is 5.88 Å². The minimum Gasteiger partial charge on any atom is -0.472 e. The summed E-state index contributed by atoms with van der Waals surface area (Å²) < 4.78 is 5.84. The highest BCUT2D eigenvalue weighted by atomic mass is 16.5. The molecule has 4 heteroatoms. The summed E-state index contributed by atoms with van der Waals surface area (Å²) in [7, 11) is 0. The van der Waals surface area contributed by atoms with Crippen molar-refractivity contribution >= 4 is 5.91 Å². The molecular formula is C26H36N2O2. The number of rotatable bonds is 6. The lowest BCUT2D eigenvalue weighted by Gasteiger charge is -2.41. The number of hydrogen-bond acceptors (Lipinski definition) is 3. The molecule has 1 saturated carbocycles. The van der Waals surface area contributed by atoms with Crippen molar-refractivity contribution in [3.05, 3.63) is 59.8 Å². The van der Waals surface area contributed by atoms with E-state index in [1.807, 2.05) is 39.0 Å². The van der Waals surface area contributed by atoms with Crippen LogP contribution in [-0.2, 0) is 11.2 Å². The van der Waals surface area contributed by atoms with Crippen LogP contribution in [-0.4, -0.2) is 22.5 Å². The highest BCUT2D eigenvalue weighted by Gasteiger charge is 2.36. The first-order valence-corrected chi connectivity index (χ1v) is 11.1. The van der Waals surface area contributed by atoms with Crippen LogP contribution in [0, 0.1) is 5.41 Å². The molecule has 2 aromatic rings. The third kappa shape index (κ3) is 6.58. The monoisotopic (exact) mass is 408 g/mol. The molecule has 30 heavy (non-hydrogen) atoms. The van der Waals surface area contributed by atoms with E-state index >= 15 is 0 Å². The van der Waals surface area contributed by atoms with Gasteiger partial charge in [-0.15, -0.1) is 0 Å². The Kier molecular flexibility index (Phi) is 6.84. The summed E-state index contributed by atoms with van der Waals surface area (Å²) in [5.41, 5.74) is 2.23. The van der Waals surface area contributed by atoms with Crippen LogP contribution in [0.5, 0.6) is 5.88 Å². The number of aryl methyl sites for hydroxylation is 1. The van der Waals surface area contributed by atoms with Crippen LogP contribution in [0.1, 0.15) is 77.5 Å². The number of carbonyl (C=O) groups is 1. The minimum absolute atomic E-state index is 0.101. The summed E-state index contributed by atoms with van der Waals surface area (Å²) in [6.45, 7) is 10.7. The molecule has 1 fully saturated rings. The topological polar surface area (TPSA) is 51.2 Å². The molecule has 0 saturated heterocycles. The average molecular weight is 409 g/mol. The second kappa shape index (κ2) is 9.20. The predicted octanol–water partition coefficient (Wildman–Crippen LogP) is 5.67. The Labute approximate surface area is 181 Å².